The highest BCUT2D eigenvalue weighted by atomic mass is 127. The van der Waals surface area contributed by atoms with Crippen molar-refractivity contribution in [3.05, 3.63) is 27.3 Å². The van der Waals surface area contributed by atoms with Gasteiger partial charge >= 0.3 is 6.09 Å². The smallest absolute Gasteiger partial charge is 0.408 e. The molecule has 1 aliphatic rings. The normalized spacial score (nSPS) is 16.2. The third kappa shape index (κ3) is 5.05. The van der Waals surface area contributed by atoms with Crippen molar-refractivity contribution in [2.24, 2.45) is 0 Å². The second-order valence-electron chi connectivity index (χ2n) is 6.63. The maximum Gasteiger partial charge on any atom is 0.408 e. The van der Waals surface area contributed by atoms with Gasteiger partial charge in [0.1, 0.15) is 18.0 Å². The van der Waals surface area contributed by atoms with Gasteiger partial charge < -0.3 is 14.8 Å². The zero-order valence-corrected chi connectivity index (χ0v) is 15.1. The molecular formula is C16H22INO3. The number of halogens is 1. The minimum absolute atomic E-state index is 0.268. The van der Waals surface area contributed by atoms with Gasteiger partial charge in [0.25, 0.3) is 0 Å². The summed E-state index contributed by atoms with van der Waals surface area (Å²) in [5.74, 6) is 0.860. The first-order chi connectivity index (χ1) is 9.69. The fourth-order valence-electron chi connectivity index (χ4n) is 1.92. The van der Waals surface area contributed by atoms with E-state index in [-0.39, 0.29) is 11.6 Å². The summed E-state index contributed by atoms with van der Waals surface area (Å²) in [7, 11) is 0. The molecule has 0 aliphatic heterocycles. The summed E-state index contributed by atoms with van der Waals surface area (Å²) in [5.41, 5.74) is 0.462. The van der Waals surface area contributed by atoms with Gasteiger partial charge in [0.05, 0.1) is 9.11 Å². The molecule has 0 bridgehead atoms. The van der Waals surface area contributed by atoms with Crippen LogP contribution in [0.25, 0.3) is 0 Å². The predicted octanol–water partition coefficient (Wildman–Crippen LogP) is 4.04. The van der Waals surface area contributed by atoms with Crippen molar-refractivity contribution in [3.63, 3.8) is 0 Å². The molecule has 0 aromatic heterocycles. The summed E-state index contributed by atoms with van der Waals surface area (Å²) in [5, 5.41) is 2.94. The van der Waals surface area contributed by atoms with E-state index in [1.807, 2.05) is 32.9 Å². The number of carbonyl (C=O) groups excluding carboxylic acids is 1. The number of hydrogen-bond acceptors (Lipinski definition) is 3. The van der Waals surface area contributed by atoms with E-state index < -0.39 is 5.60 Å². The van der Waals surface area contributed by atoms with Crippen LogP contribution in [0.1, 0.15) is 39.2 Å². The van der Waals surface area contributed by atoms with E-state index in [4.69, 9.17) is 9.47 Å². The third-order valence-electron chi connectivity index (χ3n) is 3.21. The Labute approximate surface area is 139 Å². The molecule has 5 heteroatoms. The largest absolute Gasteiger partial charge is 0.490 e. The SMILES string of the molecule is Cc1ccc(OCC2(NC(=O)OC(C)(C)C)CC2)c(I)c1. The minimum atomic E-state index is -0.479. The summed E-state index contributed by atoms with van der Waals surface area (Å²) in [6.45, 7) is 8.11. The number of alkyl carbamates (subject to hydrolysis) is 1. The van der Waals surface area contributed by atoms with E-state index in [0.717, 1.165) is 22.2 Å². The highest BCUT2D eigenvalue weighted by Crippen LogP contribution is 2.36. The topological polar surface area (TPSA) is 47.6 Å². The molecule has 2 rings (SSSR count). The number of amides is 1. The molecule has 116 valence electrons. The Balaban J connectivity index is 1.89. The van der Waals surface area contributed by atoms with Gasteiger partial charge in [0.15, 0.2) is 0 Å². The molecule has 1 saturated carbocycles. The van der Waals surface area contributed by atoms with Crippen molar-refractivity contribution in [1.82, 2.24) is 5.32 Å². The summed E-state index contributed by atoms with van der Waals surface area (Å²) >= 11 is 2.26. The van der Waals surface area contributed by atoms with Crippen molar-refractivity contribution in [2.45, 2.75) is 51.7 Å². The molecule has 1 aromatic rings. The van der Waals surface area contributed by atoms with Crippen LogP contribution in [0, 0.1) is 10.5 Å². The number of benzene rings is 1. The Morgan fingerprint density at radius 3 is 2.57 bits per heavy atom. The van der Waals surface area contributed by atoms with Crippen molar-refractivity contribution >= 4 is 28.7 Å². The fourth-order valence-corrected chi connectivity index (χ4v) is 2.74. The molecule has 0 saturated heterocycles. The van der Waals surface area contributed by atoms with Crippen LogP contribution in [0.3, 0.4) is 0 Å². The zero-order valence-electron chi connectivity index (χ0n) is 13.0. The average Bonchev–Trinajstić information content (AvgIpc) is 3.05. The molecule has 0 heterocycles. The number of carbonyl (C=O) groups is 1. The number of hydrogen-bond donors (Lipinski definition) is 1. The first kappa shape index (κ1) is 16.4. The van der Waals surface area contributed by atoms with Gasteiger partial charge in [-0.05, 0) is 80.8 Å². The Hall–Kier alpha value is -0.980. The summed E-state index contributed by atoms with van der Waals surface area (Å²) in [4.78, 5) is 11.8. The van der Waals surface area contributed by atoms with Crippen LogP contribution in [-0.4, -0.2) is 23.8 Å². The predicted molar refractivity (Wildman–Crippen MR) is 90.7 cm³/mol. The molecule has 0 radical (unpaired) electrons. The molecule has 0 atom stereocenters. The lowest BCUT2D eigenvalue weighted by atomic mass is 10.2. The number of aryl methyl sites for hydroxylation is 1. The lowest BCUT2D eigenvalue weighted by Crippen LogP contribution is -2.44. The van der Waals surface area contributed by atoms with Crippen molar-refractivity contribution in [2.75, 3.05) is 6.61 Å². The van der Waals surface area contributed by atoms with E-state index in [0.29, 0.717) is 6.61 Å². The van der Waals surface area contributed by atoms with Crippen LogP contribution in [0.4, 0.5) is 4.79 Å². The van der Waals surface area contributed by atoms with Gasteiger partial charge in [-0.2, -0.15) is 0 Å². The van der Waals surface area contributed by atoms with E-state index in [1.54, 1.807) is 0 Å². The fraction of sp³-hybridized carbons (Fsp3) is 0.562. The second kappa shape index (κ2) is 6.02. The monoisotopic (exact) mass is 403 g/mol. The Kier molecular flexibility index (Phi) is 4.70. The third-order valence-corrected chi connectivity index (χ3v) is 4.05. The number of nitrogens with one attached hydrogen (secondary N) is 1. The van der Waals surface area contributed by atoms with Crippen molar-refractivity contribution in [3.8, 4) is 5.75 Å². The molecule has 1 aliphatic carbocycles. The Morgan fingerprint density at radius 2 is 2.05 bits per heavy atom. The molecule has 4 nitrogen and oxygen atoms in total. The van der Waals surface area contributed by atoms with E-state index in [9.17, 15) is 4.79 Å². The second-order valence-corrected chi connectivity index (χ2v) is 7.79. The molecular weight excluding hydrogens is 381 g/mol. The number of rotatable bonds is 4. The minimum Gasteiger partial charge on any atom is -0.490 e. The molecule has 1 aromatic carbocycles. The van der Waals surface area contributed by atoms with Crippen LogP contribution in [0.5, 0.6) is 5.75 Å². The van der Waals surface area contributed by atoms with Crippen LogP contribution in [-0.2, 0) is 4.74 Å². The highest BCUT2D eigenvalue weighted by Gasteiger charge is 2.46. The first-order valence-corrected chi connectivity index (χ1v) is 8.17. The average molecular weight is 403 g/mol. The van der Waals surface area contributed by atoms with Gasteiger partial charge in [0, 0.05) is 0 Å². The van der Waals surface area contributed by atoms with Crippen LogP contribution in [0.2, 0.25) is 0 Å². The lowest BCUT2D eigenvalue weighted by molar-refractivity contribution is 0.0477. The molecule has 1 amide bonds. The molecule has 0 unspecified atom stereocenters. The van der Waals surface area contributed by atoms with Gasteiger partial charge in [-0.25, -0.2) is 4.79 Å². The zero-order chi connectivity index (χ0) is 15.7. The van der Waals surface area contributed by atoms with Gasteiger partial charge in [-0.1, -0.05) is 6.07 Å². The van der Waals surface area contributed by atoms with Gasteiger partial charge in [0.2, 0.25) is 0 Å². The van der Waals surface area contributed by atoms with E-state index in [2.05, 4.69) is 40.9 Å². The summed E-state index contributed by atoms with van der Waals surface area (Å²) < 4.78 is 12.3. The van der Waals surface area contributed by atoms with Crippen LogP contribution >= 0.6 is 22.6 Å². The molecule has 1 fully saturated rings. The Bertz CT molecular complexity index is 533. The van der Waals surface area contributed by atoms with E-state index in [1.165, 1.54) is 5.56 Å². The standard InChI is InChI=1S/C16H22INO3/c1-11-5-6-13(12(17)9-11)20-10-16(7-8-16)18-14(19)21-15(2,3)4/h5-6,9H,7-8,10H2,1-4H3,(H,18,19). The lowest BCUT2D eigenvalue weighted by Gasteiger charge is -2.23. The molecule has 1 N–H and O–H groups in total. The van der Waals surface area contributed by atoms with Crippen LogP contribution < -0.4 is 10.1 Å². The summed E-state index contributed by atoms with van der Waals surface area (Å²) in [6.07, 6.45) is 1.48. The summed E-state index contributed by atoms with van der Waals surface area (Å²) in [6, 6.07) is 6.08. The van der Waals surface area contributed by atoms with Crippen molar-refractivity contribution < 1.29 is 14.3 Å². The van der Waals surface area contributed by atoms with Gasteiger partial charge in [-0.3, -0.25) is 0 Å². The maximum absolute atomic E-state index is 11.8. The Morgan fingerprint density at radius 1 is 1.38 bits per heavy atom. The van der Waals surface area contributed by atoms with Crippen molar-refractivity contribution in [1.29, 1.82) is 0 Å². The first-order valence-electron chi connectivity index (χ1n) is 7.09. The molecule has 21 heavy (non-hydrogen) atoms. The maximum atomic E-state index is 11.8. The van der Waals surface area contributed by atoms with Crippen LogP contribution in [0.15, 0.2) is 18.2 Å². The van der Waals surface area contributed by atoms with Gasteiger partial charge in [-0.15, -0.1) is 0 Å². The highest BCUT2D eigenvalue weighted by molar-refractivity contribution is 14.1. The number of ether oxygens (including phenoxy) is 2. The quantitative estimate of drug-likeness (QED) is 0.773. The van der Waals surface area contributed by atoms with E-state index >= 15 is 0 Å². The molecule has 0 spiro atoms.